The average molecular weight is 350 g/mol. The molecule has 1 unspecified atom stereocenters. The van der Waals surface area contributed by atoms with Crippen molar-refractivity contribution < 1.29 is 28.5 Å². The van der Waals surface area contributed by atoms with Gasteiger partial charge in [0.2, 0.25) is 13.6 Å². The van der Waals surface area contributed by atoms with E-state index in [1.807, 2.05) is 24.3 Å². The molecule has 4 aliphatic rings. The third-order valence-electron chi connectivity index (χ3n) is 5.32. The summed E-state index contributed by atoms with van der Waals surface area (Å²) in [5.74, 6) is 2.57. The number of ether oxygens (including phenoxy) is 5. The second-order valence-corrected chi connectivity index (χ2v) is 6.69. The Morgan fingerprint density at radius 1 is 0.846 bits per heavy atom. The van der Waals surface area contributed by atoms with Crippen LogP contribution in [0.5, 0.6) is 23.0 Å². The molecule has 26 heavy (non-hydrogen) atoms. The van der Waals surface area contributed by atoms with Crippen LogP contribution in [0.4, 0.5) is 0 Å². The Morgan fingerprint density at radius 3 is 2.62 bits per heavy atom. The van der Waals surface area contributed by atoms with E-state index in [0.717, 1.165) is 28.7 Å². The number of benzene rings is 2. The summed E-state index contributed by atoms with van der Waals surface area (Å²) in [4.78, 5) is 12.5. The molecule has 3 aliphatic heterocycles. The van der Waals surface area contributed by atoms with Crippen molar-refractivity contribution in [3.05, 3.63) is 52.6 Å². The molecule has 1 saturated heterocycles. The predicted octanol–water partition coefficient (Wildman–Crippen LogP) is 2.68. The standard InChI is InChI=1S/C20H14O6/c21-20-18-12(7-22-20)5-10-2-4-14-19(26-9-24-14)17(10)16(18)11-1-3-13-15(6-11)25-8-23-13/h1-4,6,12H,5,7-9H2. The van der Waals surface area contributed by atoms with E-state index in [4.69, 9.17) is 23.7 Å². The number of hydrogen-bond donors (Lipinski definition) is 0. The van der Waals surface area contributed by atoms with Crippen molar-refractivity contribution in [1.29, 1.82) is 0 Å². The maximum absolute atomic E-state index is 12.5. The van der Waals surface area contributed by atoms with Crippen LogP contribution in [0.1, 0.15) is 16.7 Å². The summed E-state index contributed by atoms with van der Waals surface area (Å²) in [5, 5.41) is 0. The Kier molecular flexibility index (Phi) is 2.67. The molecule has 6 heteroatoms. The lowest BCUT2D eigenvalue weighted by Gasteiger charge is -2.25. The van der Waals surface area contributed by atoms with Gasteiger partial charge in [0.25, 0.3) is 0 Å². The molecule has 3 heterocycles. The van der Waals surface area contributed by atoms with Crippen LogP contribution in [0.3, 0.4) is 0 Å². The van der Waals surface area contributed by atoms with E-state index < -0.39 is 0 Å². The minimum atomic E-state index is -0.259. The van der Waals surface area contributed by atoms with E-state index in [2.05, 4.69) is 6.07 Å². The SMILES string of the molecule is O=C1OCC2Cc3ccc4c(c3C(c3ccc5c(c3)OCO5)=C12)OCO4. The lowest BCUT2D eigenvalue weighted by atomic mass is 9.77. The molecular formula is C20H14O6. The van der Waals surface area contributed by atoms with Gasteiger partial charge in [0.1, 0.15) is 0 Å². The minimum absolute atomic E-state index is 0.0517. The normalized spacial score (nSPS) is 21.5. The topological polar surface area (TPSA) is 63.2 Å². The minimum Gasteiger partial charge on any atom is -0.462 e. The molecule has 0 radical (unpaired) electrons. The second-order valence-electron chi connectivity index (χ2n) is 6.69. The molecule has 1 atom stereocenters. The van der Waals surface area contributed by atoms with Gasteiger partial charge in [-0.25, -0.2) is 4.79 Å². The summed E-state index contributed by atoms with van der Waals surface area (Å²) in [5.41, 5.74) is 4.50. The van der Waals surface area contributed by atoms with Gasteiger partial charge in [-0.15, -0.1) is 0 Å². The molecular weight excluding hydrogens is 336 g/mol. The first kappa shape index (κ1) is 14.1. The lowest BCUT2D eigenvalue weighted by molar-refractivity contribution is -0.135. The first-order chi connectivity index (χ1) is 12.8. The molecule has 0 bridgehead atoms. The van der Waals surface area contributed by atoms with E-state index in [9.17, 15) is 4.79 Å². The number of esters is 1. The summed E-state index contributed by atoms with van der Waals surface area (Å²) in [6.45, 7) is 0.803. The highest BCUT2D eigenvalue weighted by atomic mass is 16.7. The molecule has 130 valence electrons. The number of cyclic esters (lactones) is 1. The second kappa shape index (κ2) is 4.94. The number of carbonyl (C=O) groups is 1. The lowest BCUT2D eigenvalue weighted by Crippen LogP contribution is -2.17. The van der Waals surface area contributed by atoms with Crippen molar-refractivity contribution in [3.63, 3.8) is 0 Å². The molecule has 0 saturated carbocycles. The quantitative estimate of drug-likeness (QED) is 0.737. The maximum Gasteiger partial charge on any atom is 0.335 e. The zero-order valence-electron chi connectivity index (χ0n) is 13.7. The smallest absolute Gasteiger partial charge is 0.335 e. The first-order valence-electron chi connectivity index (χ1n) is 8.53. The zero-order valence-corrected chi connectivity index (χ0v) is 13.7. The van der Waals surface area contributed by atoms with Gasteiger partial charge in [0.15, 0.2) is 23.0 Å². The van der Waals surface area contributed by atoms with Gasteiger partial charge < -0.3 is 23.7 Å². The summed E-state index contributed by atoms with van der Waals surface area (Å²) < 4.78 is 27.6. The molecule has 0 spiro atoms. The fourth-order valence-corrected chi connectivity index (χ4v) is 4.18. The molecule has 1 aliphatic carbocycles. The predicted molar refractivity (Wildman–Crippen MR) is 89.3 cm³/mol. The fraction of sp³-hybridized carbons (Fsp3) is 0.250. The van der Waals surface area contributed by atoms with Gasteiger partial charge in [-0.1, -0.05) is 12.1 Å². The van der Waals surface area contributed by atoms with E-state index in [0.29, 0.717) is 35.2 Å². The molecule has 0 N–H and O–H groups in total. The molecule has 0 aromatic heterocycles. The number of carbonyl (C=O) groups excluding carboxylic acids is 1. The van der Waals surface area contributed by atoms with Gasteiger partial charge in [-0.05, 0) is 35.7 Å². The summed E-state index contributed by atoms with van der Waals surface area (Å²) >= 11 is 0. The van der Waals surface area contributed by atoms with Crippen LogP contribution in [0, 0.1) is 5.92 Å². The molecule has 6 rings (SSSR count). The maximum atomic E-state index is 12.5. The molecule has 6 nitrogen and oxygen atoms in total. The van der Waals surface area contributed by atoms with Gasteiger partial charge in [-0.3, -0.25) is 0 Å². The number of fused-ring (bicyclic) bond motifs is 5. The Morgan fingerprint density at radius 2 is 1.65 bits per heavy atom. The summed E-state index contributed by atoms with van der Waals surface area (Å²) in [7, 11) is 0. The third kappa shape index (κ3) is 1.78. The summed E-state index contributed by atoms with van der Waals surface area (Å²) in [6, 6.07) is 9.71. The molecule has 2 aromatic rings. The van der Waals surface area contributed by atoms with Crippen LogP contribution in [0.2, 0.25) is 0 Å². The van der Waals surface area contributed by atoms with Gasteiger partial charge in [-0.2, -0.15) is 0 Å². The number of hydrogen-bond acceptors (Lipinski definition) is 6. The highest BCUT2D eigenvalue weighted by Gasteiger charge is 2.41. The van der Waals surface area contributed by atoms with Crippen molar-refractivity contribution in [1.82, 2.24) is 0 Å². The van der Waals surface area contributed by atoms with Crippen molar-refractivity contribution in [2.24, 2.45) is 5.92 Å². The van der Waals surface area contributed by atoms with E-state index in [1.165, 1.54) is 0 Å². The molecule has 0 amide bonds. The van der Waals surface area contributed by atoms with E-state index in [-0.39, 0.29) is 25.5 Å². The van der Waals surface area contributed by atoms with Crippen molar-refractivity contribution in [2.75, 3.05) is 20.2 Å². The monoisotopic (exact) mass is 350 g/mol. The number of rotatable bonds is 1. The van der Waals surface area contributed by atoms with Crippen LogP contribution in [-0.2, 0) is 16.0 Å². The third-order valence-corrected chi connectivity index (χ3v) is 5.32. The van der Waals surface area contributed by atoms with Crippen molar-refractivity contribution in [3.8, 4) is 23.0 Å². The molecule has 2 aromatic carbocycles. The Balaban J connectivity index is 1.65. The zero-order chi connectivity index (χ0) is 17.3. The Labute approximate surface area is 148 Å². The van der Waals surface area contributed by atoms with Crippen molar-refractivity contribution in [2.45, 2.75) is 6.42 Å². The van der Waals surface area contributed by atoms with Crippen molar-refractivity contribution >= 4 is 11.5 Å². The van der Waals surface area contributed by atoms with Gasteiger partial charge in [0, 0.05) is 17.1 Å². The van der Waals surface area contributed by atoms with Crippen LogP contribution in [0.15, 0.2) is 35.9 Å². The summed E-state index contributed by atoms with van der Waals surface area (Å²) in [6.07, 6.45) is 0.751. The largest absolute Gasteiger partial charge is 0.462 e. The molecule has 1 fully saturated rings. The van der Waals surface area contributed by atoms with Gasteiger partial charge >= 0.3 is 5.97 Å². The average Bonchev–Trinajstić information content (AvgIpc) is 3.39. The highest BCUT2D eigenvalue weighted by molar-refractivity contribution is 6.06. The van der Waals surface area contributed by atoms with E-state index in [1.54, 1.807) is 0 Å². The van der Waals surface area contributed by atoms with E-state index >= 15 is 0 Å². The first-order valence-corrected chi connectivity index (χ1v) is 8.53. The van der Waals surface area contributed by atoms with Crippen LogP contribution in [-0.4, -0.2) is 26.2 Å². The van der Waals surface area contributed by atoms with Gasteiger partial charge in [0.05, 0.1) is 12.2 Å². The van der Waals surface area contributed by atoms with Crippen LogP contribution >= 0.6 is 0 Å². The van der Waals surface area contributed by atoms with Crippen LogP contribution in [0.25, 0.3) is 5.57 Å². The highest BCUT2D eigenvalue weighted by Crippen LogP contribution is 2.51. The fourth-order valence-electron chi connectivity index (χ4n) is 4.18. The van der Waals surface area contributed by atoms with Crippen LogP contribution < -0.4 is 18.9 Å². The Hall–Kier alpha value is -3.15. The Bertz CT molecular complexity index is 1010.